The molecular formula is C17H24N4. The zero-order valence-electron chi connectivity index (χ0n) is 13.3. The molecule has 0 aliphatic carbocycles. The monoisotopic (exact) mass is 284 g/mol. The number of rotatable bonds is 6. The summed E-state index contributed by atoms with van der Waals surface area (Å²) in [7, 11) is 0. The fraction of sp³-hybridized carbons (Fsp3) is 0.412. The minimum Gasteiger partial charge on any atom is -0.325 e. The molecule has 0 atom stereocenters. The van der Waals surface area contributed by atoms with Crippen LogP contribution >= 0.6 is 0 Å². The molecular weight excluding hydrogens is 260 g/mol. The lowest BCUT2D eigenvalue weighted by atomic mass is 10.2. The number of aromatic nitrogens is 2. The normalized spacial score (nSPS) is 10.9. The molecule has 0 spiro atoms. The van der Waals surface area contributed by atoms with Crippen molar-refractivity contribution >= 4 is 11.5 Å². The van der Waals surface area contributed by atoms with Gasteiger partial charge in [0.1, 0.15) is 0 Å². The van der Waals surface area contributed by atoms with Crippen LogP contribution in [-0.4, -0.2) is 22.6 Å². The zero-order valence-corrected chi connectivity index (χ0v) is 13.3. The van der Waals surface area contributed by atoms with Crippen LogP contribution in [0.1, 0.15) is 32.0 Å². The summed E-state index contributed by atoms with van der Waals surface area (Å²) in [6, 6.07) is 8.80. The number of nitrogens with zero attached hydrogens (tertiary/aromatic N) is 3. The second-order valence-electron chi connectivity index (χ2n) is 5.43. The average Bonchev–Trinajstić information content (AvgIpc) is 2.49. The molecule has 112 valence electrons. The molecule has 2 aromatic rings. The second kappa shape index (κ2) is 7.18. The van der Waals surface area contributed by atoms with Crippen LogP contribution < -0.4 is 10.2 Å². The molecule has 4 nitrogen and oxygen atoms in total. The third-order valence-electron chi connectivity index (χ3n) is 3.38. The Labute approximate surface area is 127 Å². The van der Waals surface area contributed by atoms with Crippen molar-refractivity contribution in [3.63, 3.8) is 0 Å². The van der Waals surface area contributed by atoms with Gasteiger partial charge in [0.2, 0.25) is 0 Å². The summed E-state index contributed by atoms with van der Waals surface area (Å²) in [5.74, 6) is 0.889. The first-order chi connectivity index (χ1) is 10.1. The molecule has 2 rings (SSSR count). The van der Waals surface area contributed by atoms with Crippen molar-refractivity contribution in [3.8, 4) is 0 Å². The van der Waals surface area contributed by atoms with Crippen molar-refractivity contribution < 1.29 is 0 Å². The van der Waals surface area contributed by atoms with Crippen molar-refractivity contribution in [2.45, 2.75) is 40.3 Å². The van der Waals surface area contributed by atoms with E-state index in [1.165, 1.54) is 11.3 Å². The van der Waals surface area contributed by atoms with Gasteiger partial charge in [0.05, 0.1) is 18.1 Å². The molecule has 21 heavy (non-hydrogen) atoms. The highest BCUT2D eigenvalue weighted by Crippen LogP contribution is 2.25. The lowest BCUT2D eigenvalue weighted by molar-refractivity contribution is 0.580. The summed E-state index contributed by atoms with van der Waals surface area (Å²) in [6.45, 7) is 10.1. The predicted octanol–water partition coefficient (Wildman–Crippen LogP) is 3.44. The first kappa shape index (κ1) is 15.4. The molecule has 0 saturated carbocycles. The number of aryl methyl sites for hydroxylation is 1. The Kier molecular flexibility index (Phi) is 5.28. The molecule has 0 aliphatic heterocycles. The number of benzene rings is 1. The van der Waals surface area contributed by atoms with Crippen molar-refractivity contribution in [1.82, 2.24) is 15.3 Å². The lowest BCUT2D eigenvalue weighted by Crippen LogP contribution is -2.23. The van der Waals surface area contributed by atoms with Gasteiger partial charge in [-0.05, 0) is 25.5 Å². The van der Waals surface area contributed by atoms with E-state index in [4.69, 9.17) is 0 Å². The summed E-state index contributed by atoms with van der Waals surface area (Å²) in [6.07, 6.45) is 3.71. The van der Waals surface area contributed by atoms with Gasteiger partial charge in [-0.15, -0.1) is 0 Å². The van der Waals surface area contributed by atoms with Crippen molar-refractivity contribution in [2.75, 3.05) is 11.4 Å². The van der Waals surface area contributed by atoms with E-state index in [0.29, 0.717) is 6.04 Å². The molecule has 0 amide bonds. The molecule has 1 N–H and O–H groups in total. The quantitative estimate of drug-likeness (QED) is 0.882. The summed E-state index contributed by atoms with van der Waals surface area (Å²) >= 11 is 0. The van der Waals surface area contributed by atoms with Crippen LogP contribution in [0.2, 0.25) is 0 Å². The number of nitrogens with one attached hydrogen (secondary N) is 1. The van der Waals surface area contributed by atoms with Gasteiger partial charge in [0.15, 0.2) is 5.82 Å². The molecule has 0 saturated heterocycles. The summed E-state index contributed by atoms with van der Waals surface area (Å²) < 4.78 is 0. The third kappa shape index (κ3) is 4.02. The fourth-order valence-corrected chi connectivity index (χ4v) is 2.21. The van der Waals surface area contributed by atoms with E-state index in [1.54, 1.807) is 0 Å². The zero-order chi connectivity index (χ0) is 15.2. The van der Waals surface area contributed by atoms with Crippen LogP contribution in [0.4, 0.5) is 11.5 Å². The number of para-hydroxylation sites is 1. The Morgan fingerprint density at radius 1 is 1.14 bits per heavy atom. The van der Waals surface area contributed by atoms with Crippen molar-refractivity contribution in [2.24, 2.45) is 0 Å². The largest absolute Gasteiger partial charge is 0.325 e. The predicted molar refractivity (Wildman–Crippen MR) is 87.9 cm³/mol. The summed E-state index contributed by atoms with van der Waals surface area (Å²) in [5, 5.41) is 3.35. The fourth-order valence-electron chi connectivity index (χ4n) is 2.21. The minimum atomic E-state index is 0.450. The number of hydrogen-bond acceptors (Lipinski definition) is 4. The molecule has 1 aromatic heterocycles. The lowest BCUT2D eigenvalue weighted by Gasteiger charge is -2.23. The number of hydrogen-bond donors (Lipinski definition) is 1. The number of anilines is 2. The van der Waals surface area contributed by atoms with E-state index >= 15 is 0 Å². The maximum Gasteiger partial charge on any atom is 0.151 e. The van der Waals surface area contributed by atoms with Crippen LogP contribution in [0.25, 0.3) is 0 Å². The highest BCUT2D eigenvalue weighted by molar-refractivity contribution is 5.62. The minimum absolute atomic E-state index is 0.450. The Morgan fingerprint density at radius 3 is 2.48 bits per heavy atom. The SMILES string of the molecule is CCN(c1cnc(CNC(C)C)cn1)c1ccccc1C. The highest BCUT2D eigenvalue weighted by atomic mass is 15.2. The summed E-state index contributed by atoms with van der Waals surface area (Å²) in [4.78, 5) is 11.3. The Morgan fingerprint density at radius 2 is 1.90 bits per heavy atom. The van der Waals surface area contributed by atoms with E-state index in [2.05, 4.69) is 72.1 Å². The second-order valence-corrected chi connectivity index (χ2v) is 5.43. The van der Waals surface area contributed by atoms with E-state index in [1.807, 2.05) is 12.4 Å². The van der Waals surface area contributed by atoms with Crippen molar-refractivity contribution in [1.29, 1.82) is 0 Å². The highest BCUT2D eigenvalue weighted by Gasteiger charge is 2.11. The van der Waals surface area contributed by atoms with Gasteiger partial charge in [-0.1, -0.05) is 32.0 Å². The molecule has 0 bridgehead atoms. The molecule has 1 aromatic carbocycles. The van der Waals surface area contributed by atoms with Crippen LogP contribution in [0, 0.1) is 6.92 Å². The first-order valence-corrected chi connectivity index (χ1v) is 7.49. The van der Waals surface area contributed by atoms with Crippen LogP contribution in [0.3, 0.4) is 0 Å². The van der Waals surface area contributed by atoms with Crippen LogP contribution in [-0.2, 0) is 6.54 Å². The molecule has 0 aliphatic rings. The van der Waals surface area contributed by atoms with Gasteiger partial charge in [-0.25, -0.2) is 4.98 Å². The van der Waals surface area contributed by atoms with Crippen LogP contribution in [0.5, 0.6) is 0 Å². The molecule has 4 heteroatoms. The molecule has 0 unspecified atom stereocenters. The van der Waals surface area contributed by atoms with E-state index in [9.17, 15) is 0 Å². The third-order valence-corrected chi connectivity index (χ3v) is 3.38. The van der Waals surface area contributed by atoms with Gasteiger partial charge in [-0.2, -0.15) is 0 Å². The summed E-state index contributed by atoms with van der Waals surface area (Å²) in [5.41, 5.74) is 3.39. The van der Waals surface area contributed by atoms with E-state index in [0.717, 1.165) is 24.6 Å². The Bertz CT molecular complexity index is 563. The molecule has 1 heterocycles. The van der Waals surface area contributed by atoms with Gasteiger partial charge in [0, 0.05) is 24.8 Å². The van der Waals surface area contributed by atoms with Gasteiger partial charge in [0.25, 0.3) is 0 Å². The van der Waals surface area contributed by atoms with E-state index in [-0.39, 0.29) is 0 Å². The average molecular weight is 284 g/mol. The Hall–Kier alpha value is -1.94. The van der Waals surface area contributed by atoms with Crippen LogP contribution in [0.15, 0.2) is 36.7 Å². The van der Waals surface area contributed by atoms with Gasteiger partial charge in [-0.3, -0.25) is 4.98 Å². The molecule has 0 radical (unpaired) electrons. The standard InChI is InChI=1S/C17H24N4/c1-5-21(16-9-7-6-8-14(16)4)17-12-19-15(11-20-17)10-18-13(2)3/h6-9,11-13,18H,5,10H2,1-4H3. The Balaban J connectivity index is 2.18. The maximum absolute atomic E-state index is 4.57. The first-order valence-electron chi connectivity index (χ1n) is 7.49. The van der Waals surface area contributed by atoms with Gasteiger partial charge >= 0.3 is 0 Å². The van der Waals surface area contributed by atoms with E-state index < -0.39 is 0 Å². The van der Waals surface area contributed by atoms with Gasteiger partial charge < -0.3 is 10.2 Å². The maximum atomic E-state index is 4.57. The topological polar surface area (TPSA) is 41.1 Å². The smallest absolute Gasteiger partial charge is 0.151 e. The molecule has 0 fully saturated rings. The van der Waals surface area contributed by atoms with Crippen molar-refractivity contribution in [3.05, 3.63) is 47.9 Å².